The van der Waals surface area contributed by atoms with Crippen LogP contribution in [-0.2, 0) is 25.9 Å². The van der Waals surface area contributed by atoms with Crippen molar-refractivity contribution in [2.45, 2.75) is 78.0 Å². The van der Waals surface area contributed by atoms with E-state index in [1.54, 1.807) is 6.07 Å². The van der Waals surface area contributed by atoms with Gasteiger partial charge in [0, 0.05) is 6.61 Å². The minimum Gasteiger partial charge on any atom is -0.515 e. The highest BCUT2D eigenvalue weighted by Crippen LogP contribution is 2.24. The minimum absolute atomic E-state index is 0.173. The number of ether oxygens (including phenoxy) is 1. The van der Waals surface area contributed by atoms with Crippen LogP contribution in [0.3, 0.4) is 0 Å². The third kappa shape index (κ3) is 7.72. The van der Waals surface area contributed by atoms with E-state index < -0.39 is 6.23 Å². The first-order valence-corrected chi connectivity index (χ1v) is 11.1. The zero-order chi connectivity index (χ0) is 21.6. The molecule has 1 aromatic carbocycles. The Labute approximate surface area is 179 Å². The van der Waals surface area contributed by atoms with Gasteiger partial charge in [-0.2, -0.15) is 5.43 Å². The predicted molar refractivity (Wildman–Crippen MR) is 117 cm³/mol. The lowest BCUT2D eigenvalue weighted by molar-refractivity contribution is -0.304. The molecule has 1 fully saturated rings. The number of hydrogen-bond acceptors (Lipinski definition) is 6. The summed E-state index contributed by atoms with van der Waals surface area (Å²) in [5, 5.41) is 10.7. The quantitative estimate of drug-likeness (QED) is 0.138. The number of amides is 1. The maximum atomic E-state index is 12.5. The number of anilines is 1. The molecule has 1 amide bonds. The molecule has 1 atom stereocenters. The summed E-state index contributed by atoms with van der Waals surface area (Å²) in [6, 6.07) is 7.40. The van der Waals surface area contributed by atoms with Crippen molar-refractivity contribution in [3.8, 4) is 0 Å². The second-order valence-corrected chi connectivity index (χ2v) is 7.42. The van der Waals surface area contributed by atoms with E-state index in [1.165, 1.54) is 43.5 Å². The molecule has 7 heteroatoms. The average molecular weight is 421 g/mol. The van der Waals surface area contributed by atoms with Gasteiger partial charge in [-0.3, -0.25) is 4.79 Å². The number of hydrazine groups is 1. The molecule has 1 aromatic rings. The minimum atomic E-state index is -0.664. The second-order valence-electron chi connectivity index (χ2n) is 7.42. The largest absolute Gasteiger partial charge is 0.515 e. The fourth-order valence-corrected chi connectivity index (χ4v) is 3.34. The van der Waals surface area contributed by atoms with Crippen molar-refractivity contribution < 1.29 is 24.4 Å². The topological polar surface area (TPSA) is 80.3 Å². The Morgan fingerprint density at radius 3 is 2.50 bits per heavy atom. The Hall–Kier alpha value is -1.93. The molecule has 1 unspecified atom stereocenters. The van der Waals surface area contributed by atoms with Crippen LogP contribution in [0.2, 0.25) is 0 Å². The molecule has 0 saturated carbocycles. The van der Waals surface area contributed by atoms with Crippen molar-refractivity contribution in [3.05, 3.63) is 41.7 Å². The van der Waals surface area contributed by atoms with E-state index in [2.05, 4.69) is 12.3 Å². The van der Waals surface area contributed by atoms with Gasteiger partial charge in [-0.25, -0.2) is 14.8 Å². The van der Waals surface area contributed by atoms with Crippen LogP contribution in [-0.4, -0.2) is 30.5 Å². The molecule has 0 aromatic heterocycles. The third-order valence-corrected chi connectivity index (χ3v) is 5.01. The number of rotatable bonds is 15. The van der Waals surface area contributed by atoms with Gasteiger partial charge in [0.05, 0.1) is 24.1 Å². The van der Waals surface area contributed by atoms with E-state index in [9.17, 15) is 9.90 Å². The van der Waals surface area contributed by atoms with E-state index in [0.29, 0.717) is 25.5 Å². The smallest absolute Gasteiger partial charge is 0.275 e. The van der Waals surface area contributed by atoms with Gasteiger partial charge in [-0.15, -0.1) is 0 Å². The molecule has 1 aliphatic rings. The molecule has 0 spiro atoms. The molecule has 1 aliphatic heterocycles. The monoisotopic (exact) mass is 420 g/mol. The fourth-order valence-electron chi connectivity index (χ4n) is 3.34. The molecule has 1 saturated heterocycles. The molecule has 7 nitrogen and oxygen atoms in total. The summed E-state index contributed by atoms with van der Waals surface area (Å²) >= 11 is 0. The number of aliphatic hydroxyl groups is 1. The van der Waals surface area contributed by atoms with Crippen LogP contribution in [0.4, 0.5) is 5.69 Å². The van der Waals surface area contributed by atoms with Crippen molar-refractivity contribution in [1.29, 1.82) is 0 Å². The van der Waals surface area contributed by atoms with Gasteiger partial charge in [0.15, 0.2) is 6.23 Å². The predicted octanol–water partition coefficient (Wildman–Crippen LogP) is 4.93. The number of aliphatic hydroxyl groups excluding tert-OH is 1. The number of nitrogens with zero attached hydrogens (tertiary/aromatic N) is 1. The summed E-state index contributed by atoms with van der Waals surface area (Å²) in [7, 11) is 0. The van der Waals surface area contributed by atoms with Crippen molar-refractivity contribution in [3.63, 3.8) is 0 Å². The normalized spacial score (nSPS) is 17.9. The number of nitrogens with one attached hydrogen (secondary N) is 1. The number of benzene rings is 1. The first kappa shape index (κ1) is 24.3. The van der Waals surface area contributed by atoms with Crippen LogP contribution in [0.5, 0.6) is 0 Å². The molecular formula is C23H36N2O5. The Kier molecular flexibility index (Phi) is 11.5. The lowest BCUT2D eigenvalue weighted by Gasteiger charge is -2.18. The Morgan fingerprint density at radius 2 is 1.80 bits per heavy atom. The molecule has 2 N–H and O–H groups in total. The standard InChI is InChI=1S/C23H36N2O5/c1-3-5-6-7-8-9-10-11-15-29-30-18-19-13-12-14-20(16-19)25-23(27)21(17-26)22(24-25)28-4-2/h12-14,16-17,22,24,26H,3-11,15,18H2,1-2H3/b21-17+. The van der Waals surface area contributed by atoms with Crippen molar-refractivity contribution in [1.82, 2.24) is 5.43 Å². The summed E-state index contributed by atoms with van der Waals surface area (Å²) in [4.78, 5) is 23.1. The Morgan fingerprint density at radius 1 is 1.07 bits per heavy atom. The molecular weight excluding hydrogens is 384 g/mol. The van der Waals surface area contributed by atoms with Crippen molar-refractivity contribution in [2.24, 2.45) is 0 Å². The lowest BCUT2D eigenvalue weighted by atomic mass is 10.1. The molecule has 2 rings (SSSR count). The van der Waals surface area contributed by atoms with Crippen molar-refractivity contribution >= 4 is 11.6 Å². The molecule has 168 valence electrons. The van der Waals surface area contributed by atoms with Gasteiger partial charge in [0.2, 0.25) is 0 Å². The van der Waals surface area contributed by atoms with Crippen LogP contribution in [0.1, 0.15) is 70.8 Å². The van der Waals surface area contributed by atoms with Gasteiger partial charge in [0.25, 0.3) is 5.91 Å². The first-order chi connectivity index (χ1) is 14.7. The van der Waals surface area contributed by atoms with Crippen LogP contribution in [0, 0.1) is 0 Å². The number of unbranched alkanes of at least 4 members (excludes halogenated alkanes) is 7. The van der Waals surface area contributed by atoms with Crippen LogP contribution in [0.25, 0.3) is 0 Å². The van der Waals surface area contributed by atoms with Gasteiger partial charge in [0.1, 0.15) is 6.61 Å². The zero-order valence-electron chi connectivity index (χ0n) is 18.3. The molecule has 0 bridgehead atoms. The Bertz CT molecular complexity index is 665. The zero-order valence-corrected chi connectivity index (χ0v) is 18.3. The van der Waals surface area contributed by atoms with E-state index in [0.717, 1.165) is 24.7 Å². The highest BCUT2D eigenvalue weighted by molar-refractivity contribution is 6.07. The number of carbonyl (C=O) groups is 1. The maximum Gasteiger partial charge on any atom is 0.275 e. The lowest BCUT2D eigenvalue weighted by Crippen LogP contribution is -2.38. The van der Waals surface area contributed by atoms with E-state index in [1.807, 2.05) is 25.1 Å². The Balaban J connectivity index is 1.69. The highest BCUT2D eigenvalue weighted by atomic mass is 17.2. The summed E-state index contributed by atoms with van der Waals surface area (Å²) in [5.41, 5.74) is 4.66. The van der Waals surface area contributed by atoms with E-state index in [4.69, 9.17) is 14.5 Å². The third-order valence-electron chi connectivity index (χ3n) is 5.01. The maximum absolute atomic E-state index is 12.5. The average Bonchev–Trinajstić information content (AvgIpc) is 3.07. The fraction of sp³-hybridized carbons (Fsp3) is 0.609. The van der Waals surface area contributed by atoms with Gasteiger partial charge in [-0.05, 0) is 31.0 Å². The molecule has 1 heterocycles. The molecule has 0 radical (unpaired) electrons. The van der Waals surface area contributed by atoms with Crippen LogP contribution < -0.4 is 10.4 Å². The first-order valence-electron chi connectivity index (χ1n) is 11.1. The second kappa shape index (κ2) is 14.1. The summed E-state index contributed by atoms with van der Waals surface area (Å²) in [6.07, 6.45) is 10.1. The summed E-state index contributed by atoms with van der Waals surface area (Å²) in [5.74, 6) is -0.347. The number of carbonyl (C=O) groups excluding carboxylic acids is 1. The van der Waals surface area contributed by atoms with Crippen molar-refractivity contribution in [2.75, 3.05) is 18.2 Å². The number of hydrogen-bond donors (Lipinski definition) is 2. The van der Waals surface area contributed by atoms with E-state index in [-0.39, 0.29) is 11.5 Å². The highest BCUT2D eigenvalue weighted by Gasteiger charge is 2.36. The van der Waals surface area contributed by atoms with Gasteiger partial charge in [-0.1, -0.05) is 64.0 Å². The SMILES string of the molecule is CCCCCCCCCCOOCc1cccc(N2NC(OCC)/C(=C\O)C2=O)c1. The molecule has 30 heavy (non-hydrogen) atoms. The van der Waals surface area contributed by atoms with Crippen LogP contribution in [0.15, 0.2) is 36.1 Å². The van der Waals surface area contributed by atoms with Gasteiger partial charge >= 0.3 is 0 Å². The molecule has 0 aliphatic carbocycles. The summed E-state index contributed by atoms with van der Waals surface area (Å²) in [6.45, 7) is 5.36. The van der Waals surface area contributed by atoms with Crippen LogP contribution >= 0.6 is 0 Å². The summed E-state index contributed by atoms with van der Waals surface area (Å²) < 4.78 is 5.46. The van der Waals surface area contributed by atoms with Gasteiger partial charge < -0.3 is 9.84 Å². The van der Waals surface area contributed by atoms with E-state index >= 15 is 0 Å².